The van der Waals surface area contributed by atoms with Crippen LogP contribution in [0, 0.1) is 6.92 Å². The number of Topliss-reactive ketones (excluding diaryl/α,β-unsaturated/α-hetero) is 1. The van der Waals surface area contributed by atoms with Crippen LogP contribution in [0.25, 0.3) is 0 Å². The fraction of sp³-hybridized carbons (Fsp3) is 0.600. The molecule has 1 heterocycles. The molecule has 0 saturated carbocycles. The van der Waals surface area contributed by atoms with Crippen molar-refractivity contribution in [3.63, 3.8) is 0 Å². The van der Waals surface area contributed by atoms with Crippen LogP contribution in [0.4, 0.5) is 0 Å². The van der Waals surface area contributed by atoms with E-state index in [4.69, 9.17) is 0 Å². The number of nitrogens with zero attached hydrogens (tertiary/aromatic N) is 2. The summed E-state index contributed by atoms with van der Waals surface area (Å²) in [5.74, 6) is 1.83. The van der Waals surface area contributed by atoms with Crippen molar-refractivity contribution in [3.05, 3.63) is 15.9 Å². The van der Waals surface area contributed by atoms with E-state index < -0.39 is 0 Å². The van der Waals surface area contributed by atoms with Gasteiger partial charge in [-0.3, -0.25) is 9.48 Å². The minimum atomic E-state index is 0.255. The molecule has 0 bridgehead atoms. The van der Waals surface area contributed by atoms with Crippen molar-refractivity contribution < 1.29 is 4.79 Å². The quantitative estimate of drug-likeness (QED) is 0.835. The van der Waals surface area contributed by atoms with Gasteiger partial charge >= 0.3 is 0 Å². The predicted octanol–water partition coefficient (Wildman–Crippen LogP) is 2.36. The lowest BCUT2D eigenvalue weighted by Crippen LogP contribution is -2.10. The number of hydrogen-bond donors (Lipinski definition) is 0. The topological polar surface area (TPSA) is 34.9 Å². The van der Waals surface area contributed by atoms with Crippen molar-refractivity contribution >= 4 is 33.5 Å². The fourth-order valence-electron chi connectivity index (χ4n) is 1.33. The summed E-state index contributed by atoms with van der Waals surface area (Å²) in [5.41, 5.74) is 1.90. The maximum Gasteiger partial charge on any atom is 0.148 e. The number of ketones is 1. The zero-order valence-electron chi connectivity index (χ0n) is 9.21. The number of aryl methyl sites for hydroxylation is 2. The van der Waals surface area contributed by atoms with Gasteiger partial charge < -0.3 is 0 Å². The first kappa shape index (κ1) is 12.8. The van der Waals surface area contributed by atoms with E-state index in [1.54, 1.807) is 16.4 Å². The Morgan fingerprint density at radius 2 is 2.27 bits per heavy atom. The summed E-state index contributed by atoms with van der Waals surface area (Å²) in [6.07, 6.45) is 0.463. The number of hydrogen-bond acceptors (Lipinski definition) is 3. The Balaban J connectivity index is 2.68. The van der Waals surface area contributed by atoms with Gasteiger partial charge in [0.2, 0.25) is 0 Å². The average Bonchev–Trinajstić information content (AvgIpc) is 2.42. The molecule has 0 radical (unpaired) electrons. The van der Waals surface area contributed by atoms with Gasteiger partial charge in [-0.2, -0.15) is 16.9 Å². The summed E-state index contributed by atoms with van der Waals surface area (Å²) in [7, 11) is 1.87. The monoisotopic (exact) mass is 290 g/mol. The highest BCUT2D eigenvalue weighted by Gasteiger charge is 2.13. The van der Waals surface area contributed by atoms with E-state index in [2.05, 4.69) is 28.0 Å². The second-order valence-corrected chi connectivity index (χ2v) is 5.39. The molecule has 0 aliphatic carbocycles. The van der Waals surface area contributed by atoms with Gasteiger partial charge in [0.1, 0.15) is 5.78 Å². The van der Waals surface area contributed by atoms with Crippen molar-refractivity contribution in [3.8, 4) is 0 Å². The van der Waals surface area contributed by atoms with E-state index in [-0.39, 0.29) is 5.78 Å². The highest BCUT2D eigenvalue weighted by molar-refractivity contribution is 9.10. The molecule has 1 aromatic heterocycles. The molecule has 0 aliphatic heterocycles. The highest BCUT2D eigenvalue weighted by Crippen LogP contribution is 2.21. The largest absolute Gasteiger partial charge is 0.298 e. The predicted molar refractivity (Wildman–Crippen MR) is 67.4 cm³/mol. The number of carbonyl (C=O) groups is 1. The maximum absolute atomic E-state index is 11.6. The third kappa shape index (κ3) is 3.34. The zero-order chi connectivity index (χ0) is 11.4. The number of aromatic nitrogens is 2. The average molecular weight is 291 g/mol. The van der Waals surface area contributed by atoms with Crippen LogP contribution in [0.3, 0.4) is 0 Å². The highest BCUT2D eigenvalue weighted by atomic mass is 79.9. The molecule has 0 fully saturated rings. The summed E-state index contributed by atoms with van der Waals surface area (Å²) in [6.45, 7) is 3.99. The zero-order valence-corrected chi connectivity index (χ0v) is 11.6. The number of thioether (sulfide) groups is 1. The minimum absolute atomic E-state index is 0.255. The van der Waals surface area contributed by atoms with Gasteiger partial charge in [-0.15, -0.1) is 0 Å². The van der Waals surface area contributed by atoms with Crippen LogP contribution in [0.2, 0.25) is 0 Å². The molecule has 15 heavy (non-hydrogen) atoms. The van der Waals surface area contributed by atoms with E-state index in [1.165, 1.54) is 0 Å². The number of carbonyl (C=O) groups excluding carboxylic acids is 1. The molecule has 0 amide bonds. The standard InChI is InChI=1S/C10H15BrN2OS/c1-4-15-6-8(14)5-9-10(11)7(2)12-13(9)3/h4-6H2,1-3H3. The molecule has 3 nitrogen and oxygen atoms in total. The molecular formula is C10H15BrN2OS. The molecule has 84 valence electrons. The van der Waals surface area contributed by atoms with Crippen LogP contribution >= 0.6 is 27.7 Å². The van der Waals surface area contributed by atoms with Gasteiger partial charge in [0.15, 0.2) is 0 Å². The van der Waals surface area contributed by atoms with Gasteiger partial charge in [-0.1, -0.05) is 6.92 Å². The van der Waals surface area contributed by atoms with Crippen LogP contribution in [0.5, 0.6) is 0 Å². The molecule has 1 aromatic rings. The van der Waals surface area contributed by atoms with Crippen molar-refractivity contribution in [1.82, 2.24) is 9.78 Å². The summed E-state index contributed by atoms with van der Waals surface area (Å²) in [6, 6.07) is 0. The lowest BCUT2D eigenvalue weighted by atomic mass is 10.2. The second kappa shape index (κ2) is 5.70. The lowest BCUT2D eigenvalue weighted by molar-refractivity contribution is -0.116. The fourth-order valence-corrected chi connectivity index (χ4v) is 2.34. The number of rotatable bonds is 5. The van der Waals surface area contributed by atoms with Gasteiger partial charge in [0.05, 0.1) is 28.0 Å². The Bertz CT molecular complexity index is 363. The minimum Gasteiger partial charge on any atom is -0.298 e. The maximum atomic E-state index is 11.6. The van der Waals surface area contributed by atoms with E-state index in [0.717, 1.165) is 21.6 Å². The summed E-state index contributed by atoms with van der Waals surface area (Å²) >= 11 is 5.11. The molecule has 1 rings (SSSR count). The van der Waals surface area contributed by atoms with E-state index in [1.807, 2.05) is 14.0 Å². The lowest BCUT2D eigenvalue weighted by Gasteiger charge is -2.01. The first-order valence-electron chi connectivity index (χ1n) is 4.83. The first-order valence-corrected chi connectivity index (χ1v) is 6.78. The Labute approximate surface area is 103 Å². The van der Waals surface area contributed by atoms with Crippen LogP contribution in [0.1, 0.15) is 18.3 Å². The Morgan fingerprint density at radius 1 is 1.60 bits per heavy atom. The Morgan fingerprint density at radius 3 is 2.73 bits per heavy atom. The SMILES string of the molecule is CCSCC(=O)Cc1c(Br)c(C)nn1C. The van der Waals surface area contributed by atoms with Crippen molar-refractivity contribution in [1.29, 1.82) is 0 Å². The van der Waals surface area contributed by atoms with E-state index in [0.29, 0.717) is 12.2 Å². The molecule has 0 aliphatic rings. The van der Waals surface area contributed by atoms with Gasteiger partial charge in [-0.25, -0.2) is 0 Å². The second-order valence-electron chi connectivity index (χ2n) is 3.32. The first-order chi connectivity index (χ1) is 7.06. The van der Waals surface area contributed by atoms with E-state index >= 15 is 0 Å². The summed E-state index contributed by atoms with van der Waals surface area (Å²) in [5, 5.41) is 4.25. The molecule has 0 unspecified atom stereocenters. The van der Waals surface area contributed by atoms with Crippen molar-refractivity contribution in [2.45, 2.75) is 20.3 Å². The van der Waals surface area contributed by atoms with E-state index in [9.17, 15) is 4.79 Å². The molecule has 0 atom stereocenters. The van der Waals surface area contributed by atoms with Gasteiger partial charge in [0.25, 0.3) is 0 Å². The smallest absolute Gasteiger partial charge is 0.148 e. The van der Waals surface area contributed by atoms with Crippen LogP contribution in [-0.4, -0.2) is 27.1 Å². The molecule has 5 heteroatoms. The molecule has 0 spiro atoms. The van der Waals surface area contributed by atoms with Crippen LogP contribution < -0.4 is 0 Å². The van der Waals surface area contributed by atoms with Crippen LogP contribution in [0.15, 0.2) is 4.47 Å². The summed E-state index contributed by atoms with van der Waals surface area (Å²) in [4.78, 5) is 11.6. The molecule has 0 saturated heterocycles. The molecule has 0 aromatic carbocycles. The Kier molecular flexibility index (Phi) is 4.86. The third-order valence-corrected chi connectivity index (χ3v) is 4.06. The molecule has 0 N–H and O–H groups in total. The molecular weight excluding hydrogens is 276 g/mol. The normalized spacial score (nSPS) is 10.7. The third-order valence-electron chi connectivity index (χ3n) is 2.09. The summed E-state index contributed by atoms with van der Waals surface area (Å²) < 4.78 is 2.73. The van der Waals surface area contributed by atoms with Crippen LogP contribution in [-0.2, 0) is 18.3 Å². The number of halogens is 1. The van der Waals surface area contributed by atoms with Gasteiger partial charge in [0, 0.05) is 7.05 Å². The Hall–Kier alpha value is -0.290. The van der Waals surface area contributed by atoms with Crippen molar-refractivity contribution in [2.24, 2.45) is 7.05 Å². The van der Waals surface area contributed by atoms with Crippen molar-refractivity contribution in [2.75, 3.05) is 11.5 Å². The van der Waals surface area contributed by atoms with Gasteiger partial charge in [-0.05, 0) is 28.6 Å².